The van der Waals surface area contributed by atoms with Gasteiger partial charge in [0, 0.05) is 25.5 Å². The fourth-order valence-electron chi connectivity index (χ4n) is 2.55. The summed E-state index contributed by atoms with van der Waals surface area (Å²) in [6.07, 6.45) is 16.1. The van der Waals surface area contributed by atoms with E-state index in [2.05, 4.69) is 43.0 Å². The van der Waals surface area contributed by atoms with Crippen molar-refractivity contribution in [1.29, 1.82) is 0 Å². The first-order valence-corrected chi connectivity index (χ1v) is 7.99. The molecule has 0 radical (unpaired) electrons. The molecule has 2 heteroatoms. The Morgan fingerprint density at radius 2 is 1.22 bits per heavy atom. The quantitative estimate of drug-likeness (QED) is 0.525. The van der Waals surface area contributed by atoms with Gasteiger partial charge in [0.25, 0.3) is 0 Å². The molecule has 2 nitrogen and oxygen atoms in total. The van der Waals surface area contributed by atoms with Crippen LogP contribution in [0.5, 0.6) is 0 Å². The number of nitrogens with zero attached hydrogens (tertiary/aromatic N) is 2. The zero-order valence-electron chi connectivity index (χ0n) is 12.7. The Morgan fingerprint density at radius 3 is 1.83 bits per heavy atom. The summed E-state index contributed by atoms with van der Waals surface area (Å²) in [6, 6.07) is 0. The molecule has 1 aliphatic rings. The molecule has 0 N–H and O–H groups in total. The molecular weight excluding hydrogens is 220 g/mol. The lowest BCUT2D eigenvalue weighted by molar-refractivity contribution is 0.166. The van der Waals surface area contributed by atoms with Gasteiger partial charge in [-0.1, -0.05) is 52.4 Å². The summed E-state index contributed by atoms with van der Waals surface area (Å²) >= 11 is 0. The van der Waals surface area contributed by atoms with Crippen LogP contribution >= 0.6 is 0 Å². The van der Waals surface area contributed by atoms with Crippen molar-refractivity contribution in [3.05, 3.63) is 12.4 Å². The summed E-state index contributed by atoms with van der Waals surface area (Å²) in [5.41, 5.74) is 0. The second-order valence-electron chi connectivity index (χ2n) is 5.53. The van der Waals surface area contributed by atoms with Gasteiger partial charge in [0.2, 0.25) is 0 Å². The number of hydrogen-bond donors (Lipinski definition) is 0. The first-order chi connectivity index (χ1) is 8.79. The van der Waals surface area contributed by atoms with E-state index in [-0.39, 0.29) is 0 Å². The lowest BCUT2D eigenvalue weighted by atomic mass is 10.1. The van der Waals surface area contributed by atoms with Gasteiger partial charge >= 0.3 is 0 Å². The minimum absolute atomic E-state index is 0.576. The molecule has 0 saturated carbocycles. The molecule has 1 aliphatic heterocycles. The van der Waals surface area contributed by atoms with Crippen molar-refractivity contribution in [3.63, 3.8) is 0 Å². The number of unbranched alkanes of at least 4 members (excludes halogenated alkanes) is 6. The molecule has 0 saturated heterocycles. The van der Waals surface area contributed by atoms with Gasteiger partial charge in [0.15, 0.2) is 0 Å². The average Bonchev–Trinajstić information content (AvgIpc) is 2.72. The summed E-state index contributed by atoms with van der Waals surface area (Å²) in [4.78, 5) is 4.97. The fourth-order valence-corrected chi connectivity index (χ4v) is 2.55. The van der Waals surface area contributed by atoms with Crippen LogP contribution < -0.4 is 0 Å². The van der Waals surface area contributed by atoms with Crippen molar-refractivity contribution in [1.82, 2.24) is 9.80 Å². The Kier molecular flexibility index (Phi) is 7.95. The van der Waals surface area contributed by atoms with E-state index in [4.69, 9.17) is 0 Å². The molecule has 1 atom stereocenters. The Hall–Kier alpha value is -0.660. The zero-order valence-corrected chi connectivity index (χ0v) is 12.7. The Balaban J connectivity index is 2.07. The summed E-state index contributed by atoms with van der Waals surface area (Å²) in [5.74, 6) is 0. The molecule has 0 amide bonds. The van der Waals surface area contributed by atoms with Gasteiger partial charge in [-0.05, 0) is 19.8 Å². The highest BCUT2D eigenvalue weighted by Gasteiger charge is 2.20. The Bertz CT molecular complexity index is 225. The van der Waals surface area contributed by atoms with Crippen molar-refractivity contribution < 1.29 is 0 Å². The molecule has 0 aromatic rings. The maximum absolute atomic E-state index is 2.50. The van der Waals surface area contributed by atoms with E-state index < -0.39 is 0 Å². The van der Waals surface area contributed by atoms with Gasteiger partial charge in [0.05, 0.1) is 6.17 Å². The number of rotatable bonds is 10. The zero-order chi connectivity index (χ0) is 13.2. The highest BCUT2D eigenvalue weighted by atomic mass is 15.4. The van der Waals surface area contributed by atoms with E-state index in [1.165, 1.54) is 64.5 Å². The van der Waals surface area contributed by atoms with E-state index in [1.807, 2.05) is 0 Å². The van der Waals surface area contributed by atoms with Crippen LogP contribution in [0.4, 0.5) is 0 Å². The van der Waals surface area contributed by atoms with Crippen LogP contribution in [0.15, 0.2) is 12.4 Å². The fraction of sp³-hybridized carbons (Fsp3) is 0.875. The monoisotopic (exact) mass is 252 g/mol. The maximum Gasteiger partial charge on any atom is 0.0977 e. The van der Waals surface area contributed by atoms with Crippen LogP contribution in [0.2, 0.25) is 0 Å². The van der Waals surface area contributed by atoms with Crippen LogP contribution in [-0.4, -0.2) is 29.1 Å². The van der Waals surface area contributed by atoms with Gasteiger partial charge in [-0.2, -0.15) is 0 Å². The van der Waals surface area contributed by atoms with Crippen molar-refractivity contribution in [2.45, 2.75) is 78.3 Å². The molecule has 0 bridgehead atoms. The third-order valence-electron chi connectivity index (χ3n) is 3.95. The van der Waals surface area contributed by atoms with Gasteiger partial charge in [-0.25, -0.2) is 0 Å². The van der Waals surface area contributed by atoms with Gasteiger partial charge in [-0.15, -0.1) is 0 Å². The summed E-state index contributed by atoms with van der Waals surface area (Å²) in [5, 5.41) is 0. The van der Waals surface area contributed by atoms with Crippen molar-refractivity contribution in [2.24, 2.45) is 0 Å². The van der Waals surface area contributed by atoms with E-state index in [0.29, 0.717) is 6.17 Å². The van der Waals surface area contributed by atoms with Crippen LogP contribution in [0.3, 0.4) is 0 Å². The lowest BCUT2D eigenvalue weighted by Gasteiger charge is -2.29. The smallest absolute Gasteiger partial charge is 0.0977 e. The van der Waals surface area contributed by atoms with Crippen LogP contribution in [0, 0.1) is 0 Å². The van der Waals surface area contributed by atoms with Crippen molar-refractivity contribution >= 4 is 0 Å². The molecule has 1 unspecified atom stereocenters. The first-order valence-electron chi connectivity index (χ1n) is 7.99. The number of hydrogen-bond acceptors (Lipinski definition) is 2. The summed E-state index contributed by atoms with van der Waals surface area (Å²) in [7, 11) is 0. The molecule has 0 aliphatic carbocycles. The second-order valence-corrected chi connectivity index (χ2v) is 5.53. The molecule has 0 spiro atoms. The third-order valence-corrected chi connectivity index (χ3v) is 3.95. The van der Waals surface area contributed by atoms with Gasteiger partial charge in [-0.3, -0.25) is 0 Å². The predicted molar refractivity (Wildman–Crippen MR) is 80.3 cm³/mol. The summed E-state index contributed by atoms with van der Waals surface area (Å²) in [6.45, 7) is 9.31. The maximum atomic E-state index is 2.50. The molecule has 0 aromatic carbocycles. The predicted octanol–water partition coefficient (Wildman–Crippen LogP) is 4.58. The highest BCUT2D eigenvalue weighted by Crippen LogP contribution is 2.17. The third kappa shape index (κ3) is 5.32. The van der Waals surface area contributed by atoms with Crippen molar-refractivity contribution in [3.8, 4) is 0 Å². The molecular formula is C16H32N2. The second kappa shape index (κ2) is 9.29. The van der Waals surface area contributed by atoms with Crippen LogP contribution in [0.25, 0.3) is 0 Å². The molecule has 106 valence electrons. The first kappa shape index (κ1) is 15.4. The SMILES string of the molecule is CCCCCCCCN1C=CN(CCCC)C1C. The molecule has 1 heterocycles. The van der Waals surface area contributed by atoms with E-state index in [0.717, 1.165) is 0 Å². The molecule has 0 fully saturated rings. The van der Waals surface area contributed by atoms with Crippen molar-refractivity contribution in [2.75, 3.05) is 13.1 Å². The molecule has 0 aromatic heterocycles. The largest absolute Gasteiger partial charge is 0.356 e. The minimum atomic E-state index is 0.576. The van der Waals surface area contributed by atoms with Gasteiger partial charge < -0.3 is 9.80 Å². The molecule has 1 rings (SSSR count). The highest BCUT2D eigenvalue weighted by molar-refractivity contribution is 4.95. The lowest BCUT2D eigenvalue weighted by Crippen LogP contribution is -2.36. The average molecular weight is 252 g/mol. The summed E-state index contributed by atoms with van der Waals surface area (Å²) < 4.78 is 0. The standard InChI is InChI=1S/C16H32N2/c1-4-6-8-9-10-11-13-18-15-14-17(16(18)3)12-7-5-2/h14-16H,4-13H2,1-3H3. The minimum Gasteiger partial charge on any atom is -0.356 e. The van der Waals surface area contributed by atoms with Gasteiger partial charge in [0.1, 0.15) is 0 Å². The Labute approximate surface area is 114 Å². The molecule has 18 heavy (non-hydrogen) atoms. The van der Waals surface area contributed by atoms with E-state index >= 15 is 0 Å². The van der Waals surface area contributed by atoms with E-state index in [9.17, 15) is 0 Å². The Morgan fingerprint density at radius 1 is 0.722 bits per heavy atom. The van der Waals surface area contributed by atoms with E-state index in [1.54, 1.807) is 0 Å². The van der Waals surface area contributed by atoms with Crippen LogP contribution in [0.1, 0.15) is 72.1 Å². The normalized spacial score (nSPS) is 18.9. The van der Waals surface area contributed by atoms with Crippen LogP contribution in [-0.2, 0) is 0 Å². The topological polar surface area (TPSA) is 6.48 Å².